The molecule has 1 aromatic rings. The van der Waals surface area contributed by atoms with Gasteiger partial charge in [-0.1, -0.05) is 0 Å². The van der Waals surface area contributed by atoms with Crippen LogP contribution in [0.5, 0.6) is 0 Å². The molecule has 0 aliphatic carbocycles. The zero-order chi connectivity index (χ0) is 9.30. The van der Waals surface area contributed by atoms with Crippen molar-refractivity contribution < 1.29 is 0 Å². The summed E-state index contributed by atoms with van der Waals surface area (Å²) >= 11 is 0. The Bertz CT molecular complexity index is 303. The third kappa shape index (κ3) is 1.24. The molecule has 0 saturated heterocycles. The minimum atomic E-state index is 0.879. The molecule has 0 radical (unpaired) electrons. The maximum atomic E-state index is 5.82. The molecule has 0 atom stereocenters. The highest BCUT2D eigenvalue weighted by Gasteiger charge is 2.05. The molecular weight excluding hydrogens is 148 g/mol. The normalized spacial score (nSPS) is 10.0. The summed E-state index contributed by atoms with van der Waals surface area (Å²) < 4.78 is 0. The van der Waals surface area contributed by atoms with Crippen LogP contribution in [0.1, 0.15) is 16.7 Å². The molecule has 0 spiro atoms. The monoisotopic (exact) mass is 164 g/mol. The van der Waals surface area contributed by atoms with E-state index in [1.807, 2.05) is 20.0 Å². The predicted molar refractivity (Wildman–Crippen MR) is 54.6 cm³/mol. The van der Waals surface area contributed by atoms with Gasteiger partial charge in [0.05, 0.1) is 0 Å². The van der Waals surface area contributed by atoms with E-state index in [1.165, 1.54) is 22.4 Å². The molecule has 0 fully saturated rings. The van der Waals surface area contributed by atoms with Crippen LogP contribution in [-0.2, 0) is 0 Å². The van der Waals surface area contributed by atoms with Crippen LogP contribution in [0.15, 0.2) is 6.07 Å². The lowest BCUT2D eigenvalue weighted by atomic mass is 10.0. The van der Waals surface area contributed by atoms with E-state index in [-0.39, 0.29) is 0 Å². The van der Waals surface area contributed by atoms with Crippen molar-refractivity contribution in [2.24, 2.45) is 0 Å². The number of hydrogen-bond donors (Lipinski definition) is 2. The van der Waals surface area contributed by atoms with Gasteiger partial charge in [0.15, 0.2) is 0 Å². The Hall–Kier alpha value is -1.18. The number of benzene rings is 1. The van der Waals surface area contributed by atoms with Gasteiger partial charge in [0, 0.05) is 18.4 Å². The highest BCUT2D eigenvalue weighted by atomic mass is 14.8. The van der Waals surface area contributed by atoms with Gasteiger partial charge in [-0.25, -0.2) is 0 Å². The summed E-state index contributed by atoms with van der Waals surface area (Å²) in [6, 6.07) is 2.01. The largest absolute Gasteiger partial charge is 0.398 e. The number of anilines is 2. The summed E-state index contributed by atoms with van der Waals surface area (Å²) in [7, 11) is 1.94. The highest BCUT2D eigenvalue weighted by Crippen LogP contribution is 2.27. The van der Waals surface area contributed by atoms with Crippen molar-refractivity contribution in [3.63, 3.8) is 0 Å². The first-order valence-electron chi connectivity index (χ1n) is 4.12. The second-order valence-corrected chi connectivity index (χ2v) is 3.16. The summed E-state index contributed by atoms with van der Waals surface area (Å²) in [5, 5.41) is 3.18. The first-order valence-corrected chi connectivity index (χ1v) is 4.12. The Kier molecular flexibility index (Phi) is 2.27. The molecule has 0 aliphatic heterocycles. The predicted octanol–water partition coefficient (Wildman–Crippen LogP) is 2.24. The second kappa shape index (κ2) is 3.05. The standard InChI is InChI=1S/C10H16N2/c1-6-5-9(11)7(2)8(3)10(6)12-4/h5,12H,11H2,1-4H3. The van der Waals surface area contributed by atoms with E-state index in [2.05, 4.69) is 19.2 Å². The lowest BCUT2D eigenvalue weighted by Crippen LogP contribution is -2.00. The molecule has 0 aliphatic rings. The Morgan fingerprint density at radius 3 is 2.25 bits per heavy atom. The van der Waals surface area contributed by atoms with Gasteiger partial charge >= 0.3 is 0 Å². The number of nitrogens with two attached hydrogens (primary N) is 1. The van der Waals surface area contributed by atoms with E-state index in [1.54, 1.807) is 0 Å². The van der Waals surface area contributed by atoms with Crippen molar-refractivity contribution in [1.29, 1.82) is 0 Å². The molecule has 2 heteroatoms. The first kappa shape index (κ1) is 8.91. The molecular formula is C10H16N2. The fourth-order valence-electron chi connectivity index (χ4n) is 1.50. The average molecular weight is 164 g/mol. The van der Waals surface area contributed by atoms with Gasteiger partial charge in [0.25, 0.3) is 0 Å². The van der Waals surface area contributed by atoms with Crippen molar-refractivity contribution in [2.45, 2.75) is 20.8 Å². The third-order valence-electron chi connectivity index (χ3n) is 2.39. The van der Waals surface area contributed by atoms with E-state index in [9.17, 15) is 0 Å². The molecule has 1 rings (SSSR count). The van der Waals surface area contributed by atoms with Gasteiger partial charge in [0.2, 0.25) is 0 Å². The van der Waals surface area contributed by atoms with E-state index in [0.29, 0.717) is 0 Å². The van der Waals surface area contributed by atoms with E-state index >= 15 is 0 Å². The third-order valence-corrected chi connectivity index (χ3v) is 2.39. The quantitative estimate of drug-likeness (QED) is 0.625. The number of aryl methyl sites for hydroxylation is 1. The van der Waals surface area contributed by atoms with Crippen LogP contribution >= 0.6 is 0 Å². The van der Waals surface area contributed by atoms with E-state index in [4.69, 9.17) is 5.73 Å². The number of nitrogen functional groups attached to an aromatic ring is 1. The van der Waals surface area contributed by atoms with Crippen LogP contribution < -0.4 is 11.1 Å². The zero-order valence-electron chi connectivity index (χ0n) is 8.15. The molecule has 2 nitrogen and oxygen atoms in total. The van der Waals surface area contributed by atoms with Gasteiger partial charge in [-0.3, -0.25) is 0 Å². The number of hydrogen-bond acceptors (Lipinski definition) is 2. The van der Waals surface area contributed by atoms with Gasteiger partial charge < -0.3 is 11.1 Å². The van der Waals surface area contributed by atoms with Crippen molar-refractivity contribution in [2.75, 3.05) is 18.1 Å². The second-order valence-electron chi connectivity index (χ2n) is 3.16. The molecule has 0 saturated carbocycles. The Morgan fingerprint density at radius 1 is 1.17 bits per heavy atom. The molecule has 0 heterocycles. The van der Waals surface area contributed by atoms with Crippen LogP contribution in [0.3, 0.4) is 0 Å². The van der Waals surface area contributed by atoms with Crippen molar-refractivity contribution in [3.05, 3.63) is 22.8 Å². The maximum Gasteiger partial charge on any atom is 0.0401 e. The van der Waals surface area contributed by atoms with E-state index in [0.717, 1.165) is 5.69 Å². The Labute approximate surface area is 73.8 Å². The van der Waals surface area contributed by atoms with Crippen molar-refractivity contribution in [1.82, 2.24) is 0 Å². The first-order chi connectivity index (χ1) is 5.57. The van der Waals surface area contributed by atoms with Crippen LogP contribution in [0.4, 0.5) is 11.4 Å². The maximum absolute atomic E-state index is 5.82. The fourth-order valence-corrected chi connectivity index (χ4v) is 1.50. The van der Waals surface area contributed by atoms with E-state index < -0.39 is 0 Å². The molecule has 0 amide bonds. The number of nitrogens with one attached hydrogen (secondary N) is 1. The van der Waals surface area contributed by atoms with Crippen molar-refractivity contribution in [3.8, 4) is 0 Å². The van der Waals surface area contributed by atoms with Gasteiger partial charge in [-0.05, 0) is 43.5 Å². The summed E-state index contributed by atoms with van der Waals surface area (Å²) in [6.07, 6.45) is 0. The molecule has 0 bridgehead atoms. The van der Waals surface area contributed by atoms with Crippen LogP contribution in [0.2, 0.25) is 0 Å². The van der Waals surface area contributed by atoms with Gasteiger partial charge in [0.1, 0.15) is 0 Å². The molecule has 0 aromatic heterocycles. The smallest absolute Gasteiger partial charge is 0.0401 e. The summed E-state index contributed by atoms with van der Waals surface area (Å²) in [5.41, 5.74) is 11.5. The minimum absolute atomic E-state index is 0.879. The lowest BCUT2D eigenvalue weighted by Gasteiger charge is -2.13. The van der Waals surface area contributed by atoms with Crippen LogP contribution in [0, 0.1) is 20.8 Å². The zero-order valence-corrected chi connectivity index (χ0v) is 8.15. The van der Waals surface area contributed by atoms with Crippen LogP contribution in [-0.4, -0.2) is 7.05 Å². The van der Waals surface area contributed by atoms with Crippen LogP contribution in [0.25, 0.3) is 0 Å². The van der Waals surface area contributed by atoms with Gasteiger partial charge in [-0.15, -0.1) is 0 Å². The summed E-state index contributed by atoms with van der Waals surface area (Å²) in [4.78, 5) is 0. The van der Waals surface area contributed by atoms with Crippen molar-refractivity contribution >= 4 is 11.4 Å². The Balaban J connectivity index is 3.40. The summed E-state index contributed by atoms with van der Waals surface area (Å²) in [6.45, 7) is 6.20. The number of rotatable bonds is 1. The molecule has 66 valence electrons. The molecule has 3 N–H and O–H groups in total. The SMILES string of the molecule is CNc1c(C)cc(N)c(C)c1C. The lowest BCUT2D eigenvalue weighted by molar-refractivity contribution is 1.28. The fraction of sp³-hybridized carbons (Fsp3) is 0.400. The Morgan fingerprint density at radius 2 is 1.75 bits per heavy atom. The molecule has 12 heavy (non-hydrogen) atoms. The highest BCUT2D eigenvalue weighted by molar-refractivity contribution is 5.67. The van der Waals surface area contributed by atoms with Gasteiger partial charge in [-0.2, -0.15) is 0 Å². The topological polar surface area (TPSA) is 38.0 Å². The minimum Gasteiger partial charge on any atom is -0.398 e. The molecule has 0 unspecified atom stereocenters. The summed E-state index contributed by atoms with van der Waals surface area (Å²) in [5.74, 6) is 0. The molecule has 1 aromatic carbocycles. The average Bonchev–Trinajstić information content (AvgIpc) is 2.01.